The van der Waals surface area contributed by atoms with Crippen LogP contribution in [-0.4, -0.2) is 29.1 Å². The molecule has 0 saturated carbocycles. The fourth-order valence-electron chi connectivity index (χ4n) is 7.75. The molecule has 1 aliphatic rings. The van der Waals surface area contributed by atoms with E-state index in [4.69, 9.17) is 0 Å². The SMILES string of the molecule is CCCCCCCCCCCCCCCCCCCC1N(CCCC)C=CN1CCCCCCCCCCCCCCCCCCC. The van der Waals surface area contributed by atoms with Gasteiger partial charge in [0, 0.05) is 25.5 Å². The van der Waals surface area contributed by atoms with Crippen LogP contribution in [0.4, 0.5) is 0 Å². The van der Waals surface area contributed by atoms with Crippen LogP contribution < -0.4 is 0 Å². The topological polar surface area (TPSA) is 6.48 Å². The van der Waals surface area contributed by atoms with Crippen molar-refractivity contribution in [3.05, 3.63) is 12.4 Å². The second-order valence-corrected chi connectivity index (χ2v) is 15.7. The molecule has 0 N–H and O–H groups in total. The van der Waals surface area contributed by atoms with Gasteiger partial charge in [0.15, 0.2) is 0 Å². The maximum absolute atomic E-state index is 2.70. The van der Waals surface area contributed by atoms with Gasteiger partial charge >= 0.3 is 0 Å². The van der Waals surface area contributed by atoms with Crippen LogP contribution >= 0.6 is 0 Å². The number of rotatable bonds is 39. The maximum atomic E-state index is 2.70. The summed E-state index contributed by atoms with van der Waals surface area (Å²) in [6, 6.07) is 0. The van der Waals surface area contributed by atoms with Gasteiger partial charge in [-0.1, -0.05) is 233 Å². The van der Waals surface area contributed by atoms with Gasteiger partial charge in [0.1, 0.15) is 6.17 Å². The minimum Gasteiger partial charge on any atom is -0.356 e. The third kappa shape index (κ3) is 28.8. The summed E-state index contributed by atoms with van der Waals surface area (Å²) >= 11 is 0. The van der Waals surface area contributed by atoms with Gasteiger partial charge in [-0.05, 0) is 25.7 Å². The molecule has 0 radical (unpaired) electrons. The van der Waals surface area contributed by atoms with Gasteiger partial charge < -0.3 is 9.80 Å². The number of hydrogen-bond acceptors (Lipinski definition) is 2. The standard InChI is InChI=1S/C45H90N2/c1-4-7-10-12-14-16-18-20-22-24-26-28-30-32-34-36-38-40-45-46(41-9-6-3)43-44-47(45)42-39-37-35-33-31-29-27-25-23-21-19-17-15-13-11-8-5-2/h43-45H,4-42H2,1-3H3. The van der Waals surface area contributed by atoms with Crippen molar-refractivity contribution in [3.63, 3.8) is 0 Å². The molecule has 0 amide bonds. The lowest BCUT2D eigenvalue weighted by Gasteiger charge is -2.33. The third-order valence-corrected chi connectivity index (χ3v) is 11.1. The lowest BCUT2D eigenvalue weighted by molar-refractivity contribution is 0.136. The molecule has 0 spiro atoms. The zero-order chi connectivity index (χ0) is 33.7. The molecule has 1 rings (SSSR count). The molecule has 0 aromatic carbocycles. The van der Waals surface area contributed by atoms with Crippen LogP contribution in [0.5, 0.6) is 0 Å². The molecule has 0 aliphatic carbocycles. The van der Waals surface area contributed by atoms with Crippen LogP contribution in [-0.2, 0) is 0 Å². The Hall–Kier alpha value is -0.660. The second-order valence-electron chi connectivity index (χ2n) is 15.7. The monoisotopic (exact) mass is 659 g/mol. The van der Waals surface area contributed by atoms with E-state index in [1.807, 2.05) is 0 Å². The lowest BCUT2D eigenvalue weighted by atomic mass is 10.0. The fraction of sp³-hybridized carbons (Fsp3) is 0.956. The number of nitrogens with zero attached hydrogens (tertiary/aromatic N) is 2. The molecule has 1 heterocycles. The van der Waals surface area contributed by atoms with E-state index in [9.17, 15) is 0 Å². The maximum Gasteiger partial charge on any atom is 0.101 e. The molecule has 2 nitrogen and oxygen atoms in total. The Labute approximate surface area is 299 Å². The zero-order valence-corrected chi connectivity index (χ0v) is 33.2. The van der Waals surface area contributed by atoms with E-state index in [-0.39, 0.29) is 0 Å². The van der Waals surface area contributed by atoms with E-state index in [1.165, 1.54) is 251 Å². The average Bonchev–Trinajstić information content (AvgIpc) is 3.47. The molecule has 1 atom stereocenters. The highest BCUT2D eigenvalue weighted by Gasteiger charge is 2.24. The van der Waals surface area contributed by atoms with Gasteiger partial charge in [-0.25, -0.2) is 0 Å². The van der Waals surface area contributed by atoms with Gasteiger partial charge in [-0.3, -0.25) is 0 Å². The van der Waals surface area contributed by atoms with Gasteiger partial charge in [-0.15, -0.1) is 0 Å². The van der Waals surface area contributed by atoms with E-state index in [1.54, 1.807) is 0 Å². The molecule has 0 aromatic rings. The van der Waals surface area contributed by atoms with Crippen LogP contribution in [0.25, 0.3) is 0 Å². The van der Waals surface area contributed by atoms with Crippen molar-refractivity contribution in [2.45, 2.75) is 265 Å². The first kappa shape index (κ1) is 44.4. The summed E-state index contributed by atoms with van der Waals surface area (Å²) in [6.07, 6.45) is 59.0. The summed E-state index contributed by atoms with van der Waals surface area (Å²) in [6.45, 7) is 9.46. The van der Waals surface area contributed by atoms with Gasteiger partial charge in [0.2, 0.25) is 0 Å². The van der Waals surface area contributed by atoms with Crippen LogP contribution in [0.3, 0.4) is 0 Å². The fourth-order valence-corrected chi connectivity index (χ4v) is 7.75. The van der Waals surface area contributed by atoms with Crippen LogP contribution in [0, 0.1) is 0 Å². The van der Waals surface area contributed by atoms with Gasteiger partial charge in [-0.2, -0.15) is 0 Å². The summed E-state index contributed by atoms with van der Waals surface area (Å²) in [7, 11) is 0. The first-order valence-electron chi connectivity index (χ1n) is 22.5. The highest BCUT2D eigenvalue weighted by Crippen LogP contribution is 2.24. The Morgan fingerprint density at radius 2 is 0.511 bits per heavy atom. The minimum atomic E-state index is 0.638. The molecule has 0 fully saturated rings. The molecule has 0 aromatic heterocycles. The van der Waals surface area contributed by atoms with E-state index in [0.29, 0.717) is 6.17 Å². The van der Waals surface area contributed by atoms with E-state index in [0.717, 1.165) is 0 Å². The predicted molar refractivity (Wildman–Crippen MR) is 214 cm³/mol. The van der Waals surface area contributed by atoms with Crippen LogP contribution in [0.1, 0.15) is 258 Å². The Kier molecular flexibility index (Phi) is 34.6. The Bertz CT molecular complexity index is 615. The largest absolute Gasteiger partial charge is 0.356 e. The van der Waals surface area contributed by atoms with Crippen molar-refractivity contribution in [2.75, 3.05) is 13.1 Å². The highest BCUT2D eigenvalue weighted by molar-refractivity contribution is 4.97. The van der Waals surface area contributed by atoms with Crippen molar-refractivity contribution in [1.82, 2.24) is 9.80 Å². The highest BCUT2D eigenvalue weighted by atomic mass is 15.4. The summed E-state index contributed by atoms with van der Waals surface area (Å²) in [5.41, 5.74) is 0. The normalized spacial score (nSPS) is 14.7. The van der Waals surface area contributed by atoms with Crippen molar-refractivity contribution in [1.29, 1.82) is 0 Å². The molecule has 280 valence electrons. The van der Waals surface area contributed by atoms with Crippen molar-refractivity contribution in [3.8, 4) is 0 Å². The zero-order valence-electron chi connectivity index (χ0n) is 33.2. The lowest BCUT2D eigenvalue weighted by Crippen LogP contribution is -2.39. The molecular weight excluding hydrogens is 569 g/mol. The molecule has 0 saturated heterocycles. The molecule has 0 bridgehead atoms. The summed E-state index contributed by atoms with van der Waals surface area (Å²) < 4.78 is 0. The van der Waals surface area contributed by atoms with Gasteiger partial charge in [0.25, 0.3) is 0 Å². The summed E-state index contributed by atoms with van der Waals surface area (Å²) in [5, 5.41) is 0. The number of hydrogen-bond donors (Lipinski definition) is 0. The van der Waals surface area contributed by atoms with Gasteiger partial charge in [0.05, 0.1) is 0 Å². The Balaban J connectivity index is 1.97. The first-order chi connectivity index (χ1) is 23.3. The average molecular weight is 659 g/mol. The predicted octanol–water partition coefficient (Wildman–Crippen LogP) is 15.9. The van der Waals surface area contributed by atoms with Crippen molar-refractivity contribution < 1.29 is 0 Å². The van der Waals surface area contributed by atoms with Crippen molar-refractivity contribution >= 4 is 0 Å². The molecule has 2 heteroatoms. The van der Waals surface area contributed by atoms with E-state index in [2.05, 4.69) is 43.0 Å². The molecule has 1 unspecified atom stereocenters. The summed E-state index contributed by atoms with van der Waals surface area (Å²) in [5.74, 6) is 0. The molecular formula is C45H90N2. The van der Waals surface area contributed by atoms with E-state index >= 15 is 0 Å². The second kappa shape index (κ2) is 36.6. The Morgan fingerprint density at radius 1 is 0.277 bits per heavy atom. The first-order valence-corrected chi connectivity index (χ1v) is 22.5. The minimum absolute atomic E-state index is 0.638. The van der Waals surface area contributed by atoms with E-state index < -0.39 is 0 Å². The van der Waals surface area contributed by atoms with Crippen molar-refractivity contribution in [2.24, 2.45) is 0 Å². The van der Waals surface area contributed by atoms with Crippen LogP contribution in [0.15, 0.2) is 12.4 Å². The van der Waals surface area contributed by atoms with Crippen LogP contribution in [0.2, 0.25) is 0 Å². The summed E-state index contributed by atoms with van der Waals surface area (Å²) in [4.78, 5) is 5.37. The Morgan fingerprint density at radius 3 is 0.809 bits per heavy atom. The number of unbranched alkanes of at least 4 members (excludes halogenated alkanes) is 33. The third-order valence-electron chi connectivity index (χ3n) is 11.1. The molecule has 47 heavy (non-hydrogen) atoms. The quantitative estimate of drug-likeness (QED) is 0.0606. The molecule has 1 aliphatic heterocycles. The smallest absolute Gasteiger partial charge is 0.101 e.